The second-order valence-electron chi connectivity index (χ2n) is 5.86. The van der Waals surface area contributed by atoms with Crippen LogP contribution >= 0.6 is 0 Å². The molecule has 0 atom stereocenters. The Labute approximate surface area is 146 Å². The number of ether oxygens (including phenoxy) is 1. The van der Waals surface area contributed by atoms with E-state index in [2.05, 4.69) is 45.0 Å². The van der Waals surface area contributed by atoms with Gasteiger partial charge in [0.25, 0.3) is 0 Å². The lowest BCUT2D eigenvalue weighted by Crippen LogP contribution is -1.99. The number of hydrogen-bond acceptors (Lipinski definition) is 2. The van der Waals surface area contributed by atoms with Crippen LogP contribution in [-0.2, 0) is 9.53 Å². The molecule has 0 aliphatic carbocycles. The van der Waals surface area contributed by atoms with E-state index < -0.39 is 0 Å². The Morgan fingerprint density at radius 1 is 1.17 bits per heavy atom. The van der Waals surface area contributed by atoms with Crippen LogP contribution in [0.3, 0.4) is 0 Å². The van der Waals surface area contributed by atoms with Gasteiger partial charge in [0.05, 0.1) is 6.61 Å². The van der Waals surface area contributed by atoms with Crippen molar-refractivity contribution in [3.8, 4) is 0 Å². The second kappa shape index (κ2) is 9.71. The average molecular weight is 324 g/mol. The first-order valence-corrected chi connectivity index (χ1v) is 8.33. The summed E-state index contributed by atoms with van der Waals surface area (Å²) in [6.07, 6.45) is 9.65. The largest absolute Gasteiger partial charge is 0.463 e. The molecule has 0 heterocycles. The molecular formula is C22H28O2. The van der Waals surface area contributed by atoms with Gasteiger partial charge in [0.1, 0.15) is 0 Å². The summed E-state index contributed by atoms with van der Waals surface area (Å²) in [5.74, 6) is -0.298. The van der Waals surface area contributed by atoms with Gasteiger partial charge in [-0.2, -0.15) is 0 Å². The van der Waals surface area contributed by atoms with E-state index in [4.69, 9.17) is 4.74 Å². The van der Waals surface area contributed by atoms with Crippen molar-refractivity contribution in [1.82, 2.24) is 0 Å². The SMILES string of the molecule is CC=Cc1ccc(C)c(\C(C)=C(C)/C=C/C(C)=C/C(=O)OCC)c1. The molecule has 0 fully saturated rings. The van der Waals surface area contributed by atoms with Crippen LogP contribution in [0.5, 0.6) is 0 Å². The monoisotopic (exact) mass is 324 g/mol. The molecule has 0 aliphatic heterocycles. The van der Waals surface area contributed by atoms with E-state index in [0.717, 1.165) is 5.57 Å². The zero-order valence-corrected chi connectivity index (χ0v) is 15.6. The van der Waals surface area contributed by atoms with E-state index in [1.165, 1.54) is 33.9 Å². The fraction of sp³-hybridized carbons (Fsp3) is 0.318. The molecule has 0 aromatic heterocycles. The molecule has 128 valence electrons. The minimum Gasteiger partial charge on any atom is -0.463 e. The molecule has 2 heteroatoms. The van der Waals surface area contributed by atoms with Crippen molar-refractivity contribution in [2.24, 2.45) is 0 Å². The molecule has 24 heavy (non-hydrogen) atoms. The molecule has 0 unspecified atom stereocenters. The minimum absolute atomic E-state index is 0.298. The van der Waals surface area contributed by atoms with Gasteiger partial charge in [-0.25, -0.2) is 4.79 Å². The molecule has 0 aliphatic rings. The minimum atomic E-state index is -0.298. The lowest BCUT2D eigenvalue weighted by atomic mass is 9.95. The molecule has 0 N–H and O–H groups in total. The van der Waals surface area contributed by atoms with Gasteiger partial charge in [-0.15, -0.1) is 0 Å². The summed E-state index contributed by atoms with van der Waals surface area (Å²) in [4.78, 5) is 11.4. The van der Waals surface area contributed by atoms with Gasteiger partial charge < -0.3 is 4.74 Å². The van der Waals surface area contributed by atoms with E-state index in [0.29, 0.717) is 6.61 Å². The zero-order chi connectivity index (χ0) is 18.1. The average Bonchev–Trinajstić information content (AvgIpc) is 2.54. The summed E-state index contributed by atoms with van der Waals surface area (Å²) < 4.78 is 4.92. The van der Waals surface area contributed by atoms with Crippen LogP contribution in [0.2, 0.25) is 0 Å². The Morgan fingerprint density at radius 3 is 2.50 bits per heavy atom. The van der Waals surface area contributed by atoms with Crippen LogP contribution in [0.4, 0.5) is 0 Å². The highest BCUT2D eigenvalue weighted by Gasteiger charge is 2.04. The maximum Gasteiger partial charge on any atom is 0.330 e. The molecule has 0 bridgehead atoms. The van der Waals surface area contributed by atoms with Gasteiger partial charge in [0, 0.05) is 6.08 Å². The van der Waals surface area contributed by atoms with E-state index in [1.807, 2.05) is 32.1 Å². The number of allylic oxidation sites excluding steroid dienone is 6. The molecule has 0 saturated carbocycles. The molecule has 1 aromatic carbocycles. The van der Waals surface area contributed by atoms with Crippen molar-refractivity contribution in [2.45, 2.75) is 41.5 Å². The number of esters is 1. The fourth-order valence-corrected chi connectivity index (χ4v) is 2.35. The second-order valence-corrected chi connectivity index (χ2v) is 5.86. The normalized spacial score (nSPS) is 13.5. The Hall–Kier alpha value is -2.35. The van der Waals surface area contributed by atoms with Gasteiger partial charge in [0.2, 0.25) is 0 Å². The van der Waals surface area contributed by atoms with E-state index >= 15 is 0 Å². The van der Waals surface area contributed by atoms with Crippen molar-refractivity contribution in [2.75, 3.05) is 6.61 Å². The number of benzene rings is 1. The third-order valence-corrected chi connectivity index (χ3v) is 3.84. The molecular weight excluding hydrogens is 296 g/mol. The molecule has 1 rings (SSSR count). The molecule has 2 nitrogen and oxygen atoms in total. The van der Waals surface area contributed by atoms with E-state index in [-0.39, 0.29) is 5.97 Å². The highest BCUT2D eigenvalue weighted by Crippen LogP contribution is 2.24. The van der Waals surface area contributed by atoms with E-state index in [1.54, 1.807) is 6.92 Å². The Morgan fingerprint density at radius 2 is 1.88 bits per heavy atom. The van der Waals surface area contributed by atoms with Crippen LogP contribution in [0, 0.1) is 6.92 Å². The predicted octanol–water partition coefficient (Wildman–Crippen LogP) is 5.89. The summed E-state index contributed by atoms with van der Waals surface area (Å²) in [7, 11) is 0. The van der Waals surface area contributed by atoms with E-state index in [9.17, 15) is 4.79 Å². The van der Waals surface area contributed by atoms with Gasteiger partial charge in [-0.3, -0.25) is 0 Å². The number of carbonyl (C=O) groups excluding carboxylic acids is 1. The van der Waals surface area contributed by atoms with Crippen molar-refractivity contribution < 1.29 is 9.53 Å². The third kappa shape index (κ3) is 6.04. The summed E-state index contributed by atoms with van der Waals surface area (Å²) in [6.45, 7) is 12.5. The van der Waals surface area contributed by atoms with Gasteiger partial charge in [-0.05, 0) is 81.0 Å². The summed E-state index contributed by atoms with van der Waals surface area (Å²) in [5, 5.41) is 0. The van der Waals surface area contributed by atoms with Crippen LogP contribution < -0.4 is 0 Å². The quantitative estimate of drug-likeness (QED) is 0.370. The number of hydrogen-bond donors (Lipinski definition) is 0. The van der Waals surface area contributed by atoms with Crippen LogP contribution in [-0.4, -0.2) is 12.6 Å². The van der Waals surface area contributed by atoms with Gasteiger partial charge >= 0.3 is 5.97 Å². The summed E-state index contributed by atoms with van der Waals surface area (Å²) in [5.41, 5.74) is 6.99. The summed E-state index contributed by atoms with van der Waals surface area (Å²) in [6, 6.07) is 6.49. The van der Waals surface area contributed by atoms with Crippen LogP contribution in [0.15, 0.2) is 53.6 Å². The number of rotatable bonds is 6. The van der Waals surface area contributed by atoms with Crippen LogP contribution in [0.1, 0.15) is 51.3 Å². The maximum absolute atomic E-state index is 11.4. The standard InChI is InChI=1S/C22H28O2/c1-7-9-20-13-12-18(5)21(15-20)19(6)17(4)11-10-16(3)14-22(23)24-8-2/h7,9-15H,8H2,1-6H3/b9-7?,11-10+,16-14+,19-17-. The summed E-state index contributed by atoms with van der Waals surface area (Å²) >= 11 is 0. The first kappa shape index (κ1) is 19.7. The maximum atomic E-state index is 11.4. The van der Waals surface area contributed by atoms with Crippen molar-refractivity contribution >= 4 is 17.6 Å². The zero-order valence-electron chi connectivity index (χ0n) is 15.6. The first-order valence-electron chi connectivity index (χ1n) is 8.33. The van der Waals surface area contributed by atoms with Crippen molar-refractivity contribution in [3.63, 3.8) is 0 Å². The molecule has 0 amide bonds. The molecule has 0 spiro atoms. The Kier molecular flexibility index (Phi) is 7.97. The topological polar surface area (TPSA) is 26.3 Å². The predicted molar refractivity (Wildman–Crippen MR) is 104 cm³/mol. The molecule has 1 aromatic rings. The number of aryl methyl sites for hydroxylation is 1. The molecule has 0 radical (unpaired) electrons. The van der Waals surface area contributed by atoms with Crippen molar-refractivity contribution in [1.29, 1.82) is 0 Å². The van der Waals surface area contributed by atoms with Crippen LogP contribution in [0.25, 0.3) is 11.6 Å². The smallest absolute Gasteiger partial charge is 0.330 e. The highest BCUT2D eigenvalue weighted by molar-refractivity contribution is 5.83. The first-order chi connectivity index (χ1) is 11.4. The highest BCUT2D eigenvalue weighted by atomic mass is 16.5. The lowest BCUT2D eigenvalue weighted by Gasteiger charge is -2.10. The number of carbonyl (C=O) groups is 1. The Balaban J connectivity index is 3.07. The Bertz CT molecular complexity index is 701. The lowest BCUT2D eigenvalue weighted by molar-refractivity contribution is -0.137. The third-order valence-electron chi connectivity index (χ3n) is 3.84. The van der Waals surface area contributed by atoms with Gasteiger partial charge in [-0.1, -0.05) is 36.4 Å². The molecule has 0 saturated heterocycles. The van der Waals surface area contributed by atoms with Crippen molar-refractivity contribution in [3.05, 3.63) is 70.3 Å². The fourth-order valence-electron chi connectivity index (χ4n) is 2.35. The van der Waals surface area contributed by atoms with Gasteiger partial charge in [0.15, 0.2) is 0 Å².